The second-order valence-electron chi connectivity index (χ2n) is 1.21. The molecule has 0 aliphatic rings. The minimum atomic E-state index is -0.222. The van der Waals surface area contributed by atoms with Gasteiger partial charge in [-0.15, -0.1) is 46.4 Å². The van der Waals surface area contributed by atoms with Gasteiger partial charge in [0, 0.05) is 18.4 Å². The van der Waals surface area contributed by atoms with E-state index in [1.807, 2.05) is 0 Å². The molecule has 0 rings (SSSR count). The van der Waals surface area contributed by atoms with Crippen LogP contribution in [0, 0.1) is 0 Å². The van der Waals surface area contributed by atoms with Gasteiger partial charge in [-0.3, -0.25) is 0 Å². The molecule has 0 aliphatic carbocycles. The van der Waals surface area contributed by atoms with Gasteiger partial charge in [-0.25, -0.2) is 0 Å². The summed E-state index contributed by atoms with van der Waals surface area (Å²) in [5.41, 5.74) is 0. The molecule has 0 fully saturated rings. The van der Waals surface area contributed by atoms with E-state index in [-0.39, 0.29) is 11.4 Å². The van der Waals surface area contributed by atoms with Gasteiger partial charge in [0.05, 0.1) is 0 Å². The molecule has 0 saturated heterocycles. The Kier molecular flexibility index (Phi) is 36.8. The summed E-state index contributed by atoms with van der Waals surface area (Å²) in [7, 11) is 0. The predicted octanol–water partition coefficient (Wildman–Crippen LogP) is 3.27. The standard InChI is InChI=1S/2C2H4Cl2.C2H6O/c1-2(3)4;3-1-2-4;1-2-3/h2H,1H3;1-2H2;3H,2H2,1H3. The molecular weight excluding hydrogens is 230 g/mol. The Bertz CT molecular complexity index is 38.8. The molecule has 0 unspecified atom stereocenters. The summed E-state index contributed by atoms with van der Waals surface area (Å²) in [4.78, 5) is -0.222. The number of aliphatic hydroxyl groups excluding tert-OH is 1. The van der Waals surface area contributed by atoms with Gasteiger partial charge in [0.15, 0.2) is 0 Å². The van der Waals surface area contributed by atoms with E-state index in [4.69, 9.17) is 51.5 Å². The van der Waals surface area contributed by atoms with Crippen LogP contribution in [0.4, 0.5) is 0 Å². The molecule has 72 valence electrons. The highest BCUT2D eigenvalue weighted by Gasteiger charge is 1.75. The second-order valence-corrected chi connectivity index (χ2v) is 3.50. The zero-order valence-electron chi connectivity index (χ0n) is 6.66. The number of halogens is 4. The van der Waals surface area contributed by atoms with Gasteiger partial charge in [-0.2, -0.15) is 0 Å². The molecule has 0 aliphatic heterocycles. The molecule has 0 amide bonds. The number of alkyl halides is 4. The van der Waals surface area contributed by atoms with Crippen molar-refractivity contribution in [3.05, 3.63) is 0 Å². The number of hydrogen-bond acceptors (Lipinski definition) is 1. The van der Waals surface area contributed by atoms with Gasteiger partial charge < -0.3 is 5.11 Å². The van der Waals surface area contributed by atoms with E-state index in [9.17, 15) is 0 Å². The molecule has 0 aromatic heterocycles. The summed E-state index contributed by atoms with van der Waals surface area (Å²) in [6.45, 7) is 3.63. The van der Waals surface area contributed by atoms with E-state index in [0.717, 1.165) is 0 Å². The molecule has 5 heteroatoms. The fourth-order valence-corrected chi connectivity index (χ4v) is 0. The molecule has 11 heavy (non-hydrogen) atoms. The van der Waals surface area contributed by atoms with Crippen molar-refractivity contribution in [2.24, 2.45) is 0 Å². The van der Waals surface area contributed by atoms with E-state index in [2.05, 4.69) is 0 Å². The Balaban J connectivity index is -0.0000000886. The lowest BCUT2D eigenvalue weighted by Crippen LogP contribution is -1.63. The lowest BCUT2D eigenvalue weighted by atomic mass is 10.9. The molecule has 0 saturated carbocycles. The molecule has 0 atom stereocenters. The van der Waals surface area contributed by atoms with Gasteiger partial charge in [0.2, 0.25) is 0 Å². The van der Waals surface area contributed by atoms with Crippen LogP contribution in [0.3, 0.4) is 0 Å². The van der Waals surface area contributed by atoms with Gasteiger partial charge in [0.25, 0.3) is 0 Å². The first-order chi connectivity index (χ1) is 5.06. The third-order valence-corrected chi connectivity index (χ3v) is 0.643. The fraction of sp³-hybridized carbons (Fsp3) is 1.00. The molecule has 0 aromatic rings. The highest BCUT2D eigenvalue weighted by Crippen LogP contribution is 1.95. The minimum Gasteiger partial charge on any atom is -0.397 e. The molecule has 0 aromatic carbocycles. The average Bonchev–Trinajstić information content (AvgIpc) is 1.88. The Labute approximate surface area is 88.6 Å². The first kappa shape index (κ1) is 18.0. The van der Waals surface area contributed by atoms with Crippen LogP contribution in [0.1, 0.15) is 13.8 Å². The Morgan fingerprint density at radius 2 is 1.27 bits per heavy atom. The van der Waals surface area contributed by atoms with Gasteiger partial charge >= 0.3 is 0 Å². The predicted molar refractivity (Wildman–Crippen MR) is 55.4 cm³/mol. The van der Waals surface area contributed by atoms with Crippen molar-refractivity contribution in [3.63, 3.8) is 0 Å². The molecule has 0 heterocycles. The normalized spacial score (nSPS) is 7.64. The maximum Gasteiger partial charge on any atom is 0.105 e. The van der Waals surface area contributed by atoms with Crippen molar-refractivity contribution in [1.29, 1.82) is 0 Å². The van der Waals surface area contributed by atoms with Crippen molar-refractivity contribution >= 4 is 46.4 Å². The van der Waals surface area contributed by atoms with E-state index >= 15 is 0 Å². The highest BCUT2D eigenvalue weighted by molar-refractivity contribution is 6.43. The summed E-state index contributed by atoms with van der Waals surface area (Å²) < 4.78 is 0. The topological polar surface area (TPSA) is 20.2 Å². The quantitative estimate of drug-likeness (QED) is 0.701. The van der Waals surface area contributed by atoms with Crippen LogP contribution in [-0.4, -0.2) is 28.3 Å². The zero-order valence-corrected chi connectivity index (χ0v) is 9.68. The minimum absolute atomic E-state index is 0.222. The Hall–Kier alpha value is 1.12. The summed E-state index contributed by atoms with van der Waals surface area (Å²) >= 11 is 20.2. The molecule has 0 bridgehead atoms. The maximum atomic E-state index is 7.57. The second kappa shape index (κ2) is 22.5. The molecule has 0 spiro atoms. The van der Waals surface area contributed by atoms with E-state index in [0.29, 0.717) is 11.8 Å². The number of aliphatic hydroxyl groups is 1. The zero-order chi connectivity index (χ0) is 9.70. The van der Waals surface area contributed by atoms with Crippen LogP contribution >= 0.6 is 46.4 Å². The van der Waals surface area contributed by atoms with Crippen molar-refractivity contribution in [3.8, 4) is 0 Å². The lowest BCUT2D eigenvalue weighted by molar-refractivity contribution is 0.318. The summed E-state index contributed by atoms with van der Waals surface area (Å²) in [6.07, 6.45) is 0. The van der Waals surface area contributed by atoms with Crippen molar-refractivity contribution in [2.45, 2.75) is 18.7 Å². The lowest BCUT2D eigenvalue weighted by Gasteiger charge is -1.72. The third kappa shape index (κ3) is 206. The Morgan fingerprint density at radius 1 is 1.18 bits per heavy atom. The number of hydrogen-bond donors (Lipinski definition) is 1. The van der Waals surface area contributed by atoms with Crippen LogP contribution in [0.2, 0.25) is 0 Å². The molecule has 0 radical (unpaired) electrons. The first-order valence-electron chi connectivity index (χ1n) is 3.07. The van der Waals surface area contributed by atoms with Gasteiger partial charge in [-0.05, 0) is 13.8 Å². The Morgan fingerprint density at radius 3 is 1.27 bits per heavy atom. The van der Waals surface area contributed by atoms with Crippen molar-refractivity contribution < 1.29 is 5.11 Å². The highest BCUT2D eigenvalue weighted by atomic mass is 35.5. The van der Waals surface area contributed by atoms with Gasteiger partial charge in [0.1, 0.15) is 4.84 Å². The average molecular weight is 244 g/mol. The maximum absolute atomic E-state index is 7.57. The first-order valence-corrected chi connectivity index (χ1v) is 5.01. The van der Waals surface area contributed by atoms with Crippen LogP contribution < -0.4 is 0 Å². The van der Waals surface area contributed by atoms with E-state index in [1.54, 1.807) is 13.8 Å². The fourth-order valence-electron chi connectivity index (χ4n) is 0. The number of rotatable bonds is 1. The van der Waals surface area contributed by atoms with Crippen LogP contribution in [-0.2, 0) is 0 Å². The van der Waals surface area contributed by atoms with E-state index in [1.165, 1.54) is 0 Å². The molecular formula is C6H14Cl4O. The molecule has 1 N–H and O–H groups in total. The van der Waals surface area contributed by atoms with Crippen molar-refractivity contribution in [2.75, 3.05) is 18.4 Å². The monoisotopic (exact) mass is 242 g/mol. The summed E-state index contributed by atoms with van der Waals surface area (Å²) in [6, 6.07) is 0. The largest absolute Gasteiger partial charge is 0.397 e. The van der Waals surface area contributed by atoms with Crippen LogP contribution in [0.15, 0.2) is 0 Å². The summed E-state index contributed by atoms with van der Waals surface area (Å²) in [5, 5.41) is 7.57. The van der Waals surface area contributed by atoms with E-state index < -0.39 is 0 Å². The molecule has 1 nitrogen and oxygen atoms in total. The smallest absolute Gasteiger partial charge is 0.105 e. The van der Waals surface area contributed by atoms with Gasteiger partial charge in [-0.1, -0.05) is 0 Å². The van der Waals surface area contributed by atoms with Crippen LogP contribution in [0.5, 0.6) is 0 Å². The third-order valence-electron chi connectivity index (χ3n) is 0.0714. The SMILES string of the molecule is CC(Cl)Cl.CCO.ClCCCl. The van der Waals surface area contributed by atoms with Crippen molar-refractivity contribution in [1.82, 2.24) is 0 Å². The summed E-state index contributed by atoms with van der Waals surface area (Å²) in [5.74, 6) is 1.11. The van der Waals surface area contributed by atoms with Crippen LogP contribution in [0.25, 0.3) is 0 Å².